The van der Waals surface area contributed by atoms with E-state index >= 15 is 0 Å². The van der Waals surface area contributed by atoms with E-state index in [9.17, 15) is 5.11 Å². The molecule has 0 saturated heterocycles. The molecule has 0 bridgehead atoms. The van der Waals surface area contributed by atoms with E-state index in [0.29, 0.717) is 5.75 Å². The molecule has 0 radical (unpaired) electrons. The Morgan fingerprint density at radius 3 is 2.47 bits per heavy atom. The highest BCUT2D eigenvalue weighted by atomic mass is 79.9. The van der Waals surface area contributed by atoms with Gasteiger partial charge in [-0.2, -0.15) is 0 Å². The Kier molecular flexibility index (Phi) is 3.85. The lowest BCUT2D eigenvalue weighted by Gasteiger charge is -2.09. The first-order chi connectivity index (χ1) is 8.22. The van der Waals surface area contributed by atoms with E-state index in [1.807, 2.05) is 36.4 Å². The third kappa shape index (κ3) is 2.70. The Bertz CT molecular complexity index is 506. The van der Waals surface area contributed by atoms with Crippen molar-refractivity contribution in [1.29, 1.82) is 0 Å². The number of aromatic hydroxyl groups is 1. The van der Waals surface area contributed by atoms with Crippen LogP contribution in [0.4, 0.5) is 0 Å². The van der Waals surface area contributed by atoms with Gasteiger partial charge in [0.2, 0.25) is 0 Å². The fourth-order valence-corrected chi connectivity index (χ4v) is 2.43. The quantitative estimate of drug-likeness (QED) is 0.863. The van der Waals surface area contributed by atoms with Crippen LogP contribution in [0.25, 0.3) is 11.1 Å². The highest BCUT2D eigenvalue weighted by Gasteiger charge is 2.09. The number of benzene rings is 2. The molecule has 0 fully saturated rings. The van der Waals surface area contributed by atoms with Crippen molar-refractivity contribution in [3.63, 3.8) is 0 Å². The van der Waals surface area contributed by atoms with E-state index in [4.69, 9.17) is 0 Å². The van der Waals surface area contributed by atoms with Gasteiger partial charge in [0.15, 0.2) is 0 Å². The van der Waals surface area contributed by atoms with Crippen LogP contribution < -0.4 is 0 Å². The summed E-state index contributed by atoms with van der Waals surface area (Å²) in [4.78, 5) is 0. The lowest BCUT2D eigenvalue weighted by molar-refractivity contribution is 0.473. The molecule has 2 heteroatoms. The highest BCUT2D eigenvalue weighted by molar-refractivity contribution is 9.10. The molecule has 0 heterocycles. The molecule has 0 aromatic heterocycles. The Hall–Kier alpha value is -1.28. The fourth-order valence-electron chi connectivity index (χ4n) is 1.93. The maximum absolute atomic E-state index is 10.1. The van der Waals surface area contributed by atoms with Crippen LogP contribution in [-0.2, 0) is 6.42 Å². The molecule has 0 aliphatic rings. The van der Waals surface area contributed by atoms with E-state index in [2.05, 4.69) is 28.9 Å². The van der Waals surface area contributed by atoms with Crippen molar-refractivity contribution in [2.75, 3.05) is 0 Å². The lowest BCUT2D eigenvalue weighted by Crippen LogP contribution is -1.87. The second kappa shape index (κ2) is 5.37. The smallest absolute Gasteiger partial charge is 0.137 e. The van der Waals surface area contributed by atoms with Crippen LogP contribution in [0.15, 0.2) is 46.9 Å². The number of rotatable bonds is 3. The van der Waals surface area contributed by atoms with Crippen molar-refractivity contribution in [3.8, 4) is 16.9 Å². The van der Waals surface area contributed by atoms with Crippen LogP contribution in [0.2, 0.25) is 0 Å². The molecule has 0 saturated carbocycles. The van der Waals surface area contributed by atoms with Crippen molar-refractivity contribution in [2.45, 2.75) is 19.8 Å². The largest absolute Gasteiger partial charge is 0.506 e. The summed E-state index contributed by atoms with van der Waals surface area (Å²) in [6.45, 7) is 2.16. The molecule has 2 aromatic rings. The molecule has 17 heavy (non-hydrogen) atoms. The van der Waals surface area contributed by atoms with Crippen molar-refractivity contribution in [1.82, 2.24) is 0 Å². The van der Waals surface area contributed by atoms with Crippen molar-refractivity contribution in [2.24, 2.45) is 0 Å². The first-order valence-electron chi connectivity index (χ1n) is 5.79. The van der Waals surface area contributed by atoms with E-state index in [1.165, 1.54) is 5.56 Å². The highest BCUT2D eigenvalue weighted by Crippen LogP contribution is 2.36. The summed E-state index contributed by atoms with van der Waals surface area (Å²) in [5.74, 6) is 0.316. The van der Waals surface area contributed by atoms with Gasteiger partial charge in [0.05, 0.1) is 4.47 Å². The Morgan fingerprint density at radius 1 is 1.12 bits per heavy atom. The van der Waals surface area contributed by atoms with Crippen LogP contribution >= 0.6 is 15.9 Å². The standard InChI is InChI=1S/C15H15BrO/c1-2-6-11-9-13(15(17)14(16)10-11)12-7-4-3-5-8-12/h3-5,7-10,17H,2,6H2,1H3. The zero-order valence-corrected chi connectivity index (χ0v) is 11.4. The van der Waals surface area contributed by atoms with Gasteiger partial charge in [-0.3, -0.25) is 0 Å². The minimum atomic E-state index is 0.316. The zero-order valence-electron chi connectivity index (χ0n) is 9.78. The molecule has 0 spiro atoms. The van der Waals surface area contributed by atoms with Gasteiger partial charge in [-0.25, -0.2) is 0 Å². The fraction of sp³-hybridized carbons (Fsp3) is 0.200. The van der Waals surface area contributed by atoms with Crippen LogP contribution in [0.3, 0.4) is 0 Å². The monoisotopic (exact) mass is 290 g/mol. The first-order valence-corrected chi connectivity index (χ1v) is 6.58. The van der Waals surface area contributed by atoms with Gasteiger partial charge < -0.3 is 5.11 Å². The molecule has 2 rings (SSSR count). The Balaban J connectivity index is 2.53. The molecule has 88 valence electrons. The SMILES string of the molecule is CCCc1cc(Br)c(O)c(-c2ccccc2)c1. The molecule has 0 aliphatic heterocycles. The molecule has 0 aliphatic carbocycles. The number of hydrogen-bond acceptors (Lipinski definition) is 1. The molecule has 0 atom stereocenters. The molecule has 1 N–H and O–H groups in total. The number of hydrogen-bond donors (Lipinski definition) is 1. The molecule has 0 amide bonds. The van der Waals surface area contributed by atoms with E-state index in [-0.39, 0.29) is 0 Å². The minimum absolute atomic E-state index is 0.316. The van der Waals surface area contributed by atoms with Gasteiger partial charge in [0, 0.05) is 5.56 Å². The van der Waals surface area contributed by atoms with Gasteiger partial charge in [-0.15, -0.1) is 0 Å². The van der Waals surface area contributed by atoms with Gasteiger partial charge >= 0.3 is 0 Å². The maximum atomic E-state index is 10.1. The number of phenols is 1. The summed E-state index contributed by atoms with van der Waals surface area (Å²) >= 11 is 3.41. The van der Waals surface area contributed by atoms with Crippen molar-refractivity contribution < 1.29 is 5.11 Å². The van der Waals surface area contributed by atoms with Crippen LogP contribution in [0, 0.1) is 0 Å². The number of phenolic OH excluding ortho intramolecular Hbond substituents is 1. The Morgan fingerprint density at radius 2 is 1.82 bits per heavy atom. The molecular formula is C15H15BrO. The van der Waals surface area contributed by atoms with Crippen molar-refractivity contribution in [3.05, 3.63) is 52.5 Å². The van der Waals surface area contributed by atoms with Crippen LogP contribution in [0.5, 0.6) is 5.75 Å². The molecule has 0 unspecified atom stereocenters. The molecule has 1 nitrogen and oxygen atoms in total. The number of aryl methyl sites for hydroxylation is 1. The predicted molar refractivity (Wildman–Crippen MR) is 75.2 cm³/mol. The lowest BCUT2D eigenvalue weighted by atomic mass is 10.00. The van der Waals surface area contributed by atoms with Gasteiger partial charge in [0.1, 0.15) is 5.75 Å². The zero-order chi connectivity index (χ0) is 12.3. The summed E-state index contributed by atoms with van der Waals surface area (Å²) in [7, 11) is 0. The van der Waals surface area contributed by atoms with Crippen LogP contribution in [-0.4, -0.2) is 5.11 Å². The summed E-state index contributed by atoms with van der Waals surface area (Å²) in [5.41, 5.74) is 3.18. The number of halogens is 1. The average Bonchev–Trinajstić information content (AvgIpc) is 2.35. The second-order valence-electron chi connectivity index (χ2n) is 4.09. The molecular weight excluding hydrogens is 276 g/mol. The average molecular weight is 291 g/mol. The first kappa shape index (κ1) is 12.2. The topological polar surface area (TPSA) is 20.2 Å². The predicted octanol–water partition coefficient (Wildman–Crippen LogP) is 4.77. The third-order valence-electron chi connectivity index (χ3n) is 2.75. The summed E-state index contributed by atoms with van der Waals surface area (Å²) in [6.07, 6.45) is 2.13. The summed E-state index contributed by atoms with van der Waals surface area (Å²) in [5, 5.41) is 10.1. The van der Waals surface area contributed by atoms with E-state index < -0.39 is 0 Å². The summed E-state index contributed by atoms with van der Waals surface area (Å²) < 4.78 is 0.766. The maximum Gasteiger partial charge on any atom is 0.137 e. The third-order valence-corrected chi connectivity index (χ3v) is 3.35. The van der Waals surface area contributed by atoms with Gasteiger partial charge in [-0.05, 0) is 45.6 Å². The normalized spacial score (nSPS) is 10.5. The van der Waals surface area contributed by atoms with Crippen molar-refractivity contribution >= 4 is 15.9 Å². The van der Waals surface area contributed by atoms with E-state index in [1.54, 1.807) is 0 Å². The van der Waals surface area contributed by atoms with Gasteiger partial charge in [-0.1, -0.05) is 43.7 Å². The van der Waals surface area contributed by atoms with Crippen LogP contribution in [0.1, 0.15) is 18.9 Å². The van der Waals surface area contributed by atoms with Gasteiger partial charge in [0.25, 0.3) is 0 Å². The Labute approximate surface area is 110 Å². The summed E-state index contributed by atoms with van der Waals surface area (Å²) in [6, 6.07) is 14.0. The van der Waals surface area contributed by atoms with E-state index in [0.717, 1.165) is 28.4 Å². The minimum Gasteiger partial charge on any atom is -0.506 e. The molecule has 2 aromatic carbocycles. The second-order valence-corrected chi connectivity index (χ2v) is 4.94.